The lowest BCUT2D eigenvalue weighted by molar-refractivity contribution is 0.0998. The number of rotatable bonds is 7. The van der Waals surface area contributed by atoms with Crippen LogP contribution in [-0.4, -0.2) is 18.9 Å². The number of nitrogens with zero attached hydrogens (tertiary/aromatic N) is 2. The van der Waals surface area contributed by atoms with Gasteiger partial charge in [0.05, 0.1) is 26.4 Å². The molecule has 6 nitrogen and oxygen atoms in total. The summed E-state index contributed by atoms with van der Waals surface area (Å²) in [7, 11) is -3.86. The van der Waals surface area contributed by atoms with E-state index in [1.165, 1.54) is 16.9 Å². The Bertz CT molecular complexity index is 1550. The Kier molecular flexibility index (Phi) is 7.23. The fourth-order valence-corrected chi connectivity index (χ4v) is 5.98. The first kappa shape index (κ1) is 24.9. The quantitative estimate of drug-likeness (QED) is 0.329. The van der Waals surface area contributed by atoms with E-state index in [9.17, 15) is 13.2 Å². The van der Waals surface area contributed by atoms with Crippen molar-refractivity contribution in [3.05, 3.63) is 88.2 Å². The topological polar surface area (TPSA) is 80.5 Å². The monoisotopic (exact) mass is 507 g/mol. The van der Waals surface area contributed by atoms with Gasteiger partial charge in [0.2, 0.25) is 0 Å². The number of amides is 1. The zero-order valence-corrected chi connectivity index (χ0v) is 21.9. The van der Waals surface area contributed by atoms with Crippen molar-refractivity contribution in [2.45, 2.75) is 51.5 Å². The summed E-state index contributed by atoms with van der Waals surface area (Å²) in [4.78, 5) is 18.5. The molecule has 0 saturated heterocycles. The maximum atomic E-state index is 13.3. The minimum atomic E-state index is -3.86. The Labute approximate surface area is 210 Å². The van der Waals surface area contributed by atoms with E-state index in [-0.39, 0.29) is 16.1 Å². The highest BCUT2D eigenvalue weighted by atomic mass is 32.2. The van der Waals surface area contributed by atoms with Gasteiger partial charge in [0, 0.05) is 6.54 Å². The number of sulfonamides is 1. The largest absolute Gasteiger partial charge is 0.316 e. The molecule has 4 rings (SSSR count). The van der Waals surface area contributed by atoms with Gasteiger partial charge in [0.15, 0.2) is 4.80 Å². The first-order valence-corrected chi connectivity index (χ1v) is 13.9. The molecular weight excluding hydrogens is 478 g/mol. The SMILES string of the molecule is CCCn1c(=NC(=O)c2ccccc2NS(=O)(=O)c2ccc(C)cc2)sc2cc(C(C)C)ccc21. The normalized spacial score (nSPS) is 12.4. The molecule has 0 unspecified atom stereocenters. The van der Waals surface area contributed by atoms with Crippen LogP contribution < -0.4 is 9.52 Å². The van der Waals surface area contributed by atoms with E-state index in [2.05, 4.69) is 53.3 Å². The molecule has 0 fully saturated rings. The lowest BCUT2D eigenvalue weighted by Crippen LogP contribution is -2.18. The predicted molar refractivity (Wildman–Crippen MR) is 143 cm³/mol. The number of aromatic nitrogens is 1. The molecule has 8 heteroatoms. The van der Waals surface area contributed by atoms with Crippen molar-refractivity contribution in [2.24, 2.45) is 4.99 Å². The molecule has 1 aromatic heterocycles. The van der Waals surface area contributed by atoms with Crippen LogP contribution in [0.4, 0.5) is 5.69 Å². The number of fused-ring (bicyclic) bond motifs is 1. The molecule has 0 aliphatic heterocycles. The van der Waals surface area contributed by atoms with Gasteiger partial charge >= 0.3 is 0 Å². The number of thiazole rings is 1. The van der Waals surface area contributed by atoms with Crippen LogP contribution in [0.25, 0.3) is 10.2 Å². The van der Waals surface area contributed by atoms with Crippen LogP contribution in [0.2, 0.25) is 0 Å². The van der Waals surface area contributed by atoms with Crippen LogP contribution in [0, 0.1) is 6.92 Å². The number of hydrogen-bond acceptors (Lipinski definition) is 4. The summed E-state index contributed by atoms with van der Waals surface area (Å²) in [5, 5.41) is 0. The Morgan fingerprint density at radius 1 is 1.06 bits per heavy atom. The van der Waals surface area contributed by atoms with Crippen LogP contribution in [0.3, 0.4) is 0 Å². The molecule has 3 aromatic carbocycles. The van der Waals surface area contributed by atoms with E-state index in [4.69, 9.17) is 0 Å². The molecular formula is C27H29N3O3S2. The van der Waals surface area contributed by atoms with E-state index in [1.54, 1.807) is 48.5 Å². The Morgan fingerprint density at radius 3 is 2.46 bits per heavy atom. The van der Waals surface area contributed by atoms with Crippen molar-refractivity contribution in [3.63, 3.8) is 0 Å². The summed E-state index contributed by atoms with van der Waals surface area (Å²) < 4.78 is 31.6. The van der Waals surface area contributed by atoms with Gasteiger partial charge in [-0.05, 0) is 61.2 Å². The van der Waals surface area contributed by atoms with Crippen molar-refractivity contribution >= 4 is 43.2 Å². The van der Waals surface area contributed by atoms with E-state index in [1.807, 2.05) is 6.92 Å². The highest BCUT2D eigenvalue weighted by Gasteiger charge is 2.19. The van der Waals surface area contributed by atoms with Crippen molar-refractivity contribution < 1.29 is 13.2 Å². The van der Waals surface area contributed by atoms with Gasteiger partial charge in [0.25, 0.3) is 15.9 Å². The zero-order valence-electron chi connectivity index (χ0n) is 20.3. The molecule has 1 N–H and O–H groups in total. The first-order chi connectivity index (χ1) is 16.7. The first-order valence-electron chi connectivity index (χ1n) is 11.6. The standard InChI is InChI=1S/C27H29N3O3S2/c1-5-16-30-24-15-12-20(18(2)3)17-25(24)34-27(30)28-26(31)22-8-6-7-9-23(22)29-35(32,33)21-13-10-19(4)11-14-21/h6-15,17-18,29H,5,16H2,1-4H3. The van der Waals surface area contributed by atoms with Crippen molar-refractivity contribution in [1.29, 1.82) is 0 Å². The molecule has 0 saturated carbocycles. The number of nitrogens with one attached hydrogen (secondary N) is 1. The summed E-state index contributed by atoms with van der Waals surface area (Å²) in [6.07, 6.45) is 0.895. The number of carbonyl (C=O) groups is 1. The second-order valence-electron chi connectivity index (χ2n) is 8.80. The second kappa shape index (κ2) is 10.2. The summed E-state index contributed by atoms with van der Waals surface area (Å²) in [6, 6.07) is 19.5. The average Bonchev–Trinajstić information content (AvgIpc) is 3.15. The molecule has 4 aromatic rings. The molecule has 182 valence electrons. The molecule has 0 aliphatic carbocycles. The molecule has 0 atom stereocenters. The van der Waals surface area contributed by atoms with Crippen molar-refractivity contribution in [3.8, 4) is 0 Å². The fraction of sp³-hybridized carbons (Fsp3) is 0.259. The Balaban J connectivity index is 1.75. The van der Waals surface area contributed by atoms with Crippen molar-refractivity contribution in [1.82, 2.24) is 4.57 Å². The van der Waals surface area contributed by atoms with E-state index >= 15 is 0 Å². The fourth-order valence-electron chi connectivity index (χ4n) is 3.80. The minimum absolute atomic E-state index is 0.133. The maximum absolute atomic E-state index is 13.3. The van der Waals surface area contributed by atoms with E-state index in [0.29, 0.717) is 10.7 Å². The van der Waals surface area contributed by atoms with Crippen LogP contribution in [0.5, 0.6) is 0 Å². The predicted octanol–water partition coefficient (Wildman–Crippen LogP) is 6.09. The molecule has 0 aliphatic rings. The molecule has 0 radical (unpaired) electrons. The number of benzene rings is 3. The lowest BCUT2D eigenvalue weighted by Gasteiger charge is -2.11. The van der Waals surface area contributed by atoms with Gasteiger partial charge in [-0.2, -0.15) is 4.99 Å². The lowest BCUT2D eigenvalue weighted by atomic mass is 10.0. The van der Waals surface area contributed by atoms with Crippen LogP contribution in [0.15, 0.2) is 76.6 Å². The highest BCUT2D eigenvalue weighted by Crippen LogP contribution is 2.25. The maximum Gasteiger partial charge on any atom is 0.281 e. The van der Waals surface area contributed by atoms with Gasteiger partial charge < -0.3 is 4.57 Å². The van der Waals surface area contributed by atoms with Gasteiger partial charge in [-0.25, -0.2) is 8.42 Å². The number of anilines is 1. The van der Waals surface area contributed by atoms with Crippen molar-refractivity contribution in [2.75, 3.05) is 4.72 Å². The molecule has 1 amide bonds. The van der Waals surface area contributed by atoms with Gasteiger partial charge in [-0.15, -0.1) is 0 Å². The summed E-state index contributed by atoms with van der Waals surface area (Å²) in [5.74, 6) is -0.0933. The second-order valence-corrected chi connectivity index (χ2v) is 11.5. The highest BCUT2D eigenvalue weighted by molar-refractivity contribution is 7.92. The number of hydrogen-bond donors (Lipinski definition) is 1. The molecule has 35 heavy (non-hydrogen) atoms. The Morgan fingerprint density at radius 2 is 1.77 bits per heavy atom. The van der Waals surface area contributed by atoms with Gasteiger partial charge in [-0.1, -0.05) is 68.0 Å². The number of para-hydroxylation sites is 1. The third-order valence-electron chi connectivity index (χ3n) is 5.75. The number of carbonyl (C=O) groups excluding carboxylic acids is 1. The third-order valence-corrected chi connectivity index (χ3v) is 8.17. The van der Waals surface area contributed by atoms with Crippen LogP contribution >= 0.6 is 11.3 Å². The smallest absolute Gasteiger partial charge is 0.281 e. The summed E-state index contributed by atoms with van der Waals surface area (Å²) in [5.41, 5.74) is 3.64. The minimum Gasteiger partial charge on any atom is -0.316 e. The molecule has 1 heterocycles. The number of aryl methyl sites for hydroxylation is 2. The molecule has 0 bridgehead atoms. The third kappa shape index (κ3) is 5.39. The molecule has 0 spiro atoms. The Hall–Kier alpha value is -3.23. The van der Waals surface area contributed by atoms with E-state index < -0.39 is 15.9 Å². The van der Waals surface area contributed by atoms with Gasteiger partial charge in [0.1, 0.15) is 0 Å². The zero-order chi connectivity index (χ0) is 25.2. The van der Waals surface area contributed by atoms with Gasteiger partial charge in [-0.3, -0.25) is 9.52 Å². The van der Waals surface area contributed by atoms with E-state index in [0.717, 1.165) is 28.7 Å². The summed E-state index contributed by atoms with van der Waals surface area (Å²) in [6.45, 7) is 9.01. The van der Waals surface area contributed by atoms with Crippen LogP contribution in [0.1, 0.15) is 54.6 Å². The van der Waals surface area contributed by atoms with Crippen LogP contribution in [-0.2, 0) is 16.6 Å². The average molecular weight is 508 g/mol. The summed E-state index contributed by atoms with van der Waals surface area (Å²) >= 11 is 1.47.